The lowest BCUT2D eigenvalue weighted by Gasteiger charge is -2.06. The van der Waals surface area contributed by atoms with Crippen LogP contribution in [0.1, 0.15) is 31.0 Å². The summed E-state index contributed by atoms with van der Waals surface area (Å²) in [5.41, 5.74) is 0. The van der Waals surface area contributed by atoms with Gasteiger partial charge in [-0.1, -0.05) is 11.6 Å². The molecule has 1 fully saturated rings. The van der Waals surface area contributed by atoms with Crippen LogP contribution in [0.2, 0.25) is 5.15 Å². The van der Waals surface area contributed by atoms with Crippen LogP contribution in [0.3, 0.4) is 0 Å². The Balaban J connectivity index is 2.02. The van der Waals surface area contributed by atoms with Gasteiger partial charge in [-0.25, -0.2) is 9.97 Å². The summed E-state index contributed by atoms with van der Waals surface area (Å²) in [6.07, 6.45) is 3.03. The van der Waals surface area contributed by atoms with Crippen molar-refractivity contribution in [1.29, 1.82) is 0 Å². The van der Waals surface area contributed by atoms with Gasteiger partial charge in [-0.15, -0.1) is 0 Å². The number of rotatable bonds is 5. The van der Waals surface area contributed by atoms with Crippen LogP contribution >= 0.6 is 11.6 Å². The van der Waals surface area contributed by atoms with Gasteiger partial charge >= 0.3 is 0 Å². The van der Waals surface area contributed by atoms with Crippen molar-refractivity contribution in [2.75, 3.05) is 18.5 Å². The van der Waals surface area contributed by atoms with Crippen LogP contribution in [0.25, 0.3) is 0 Å². The standard InChI is InChI=1S/C10H14ClN3O/c11-8-6-9(12-4-1-5-15)14-10(13-8)7-2-3-7/h6-7,15H,1-5H2,(H,12,13,14). The van der Waals surface area contributed by atoms with Crippen molar-refractivity contribution in [1.82, 2.24) is 9.97 Å². The lowest BCUT2D eigenvalue weighted by molar-refractivity contribution is 0.292. The van der Waals surface area contributed by atoms with E-state index < -0.39 is 0 Å². The molecule has 0 amide bonds. The van der Waals surface area contributed by atoms with Crippen LogP contribution in [0.15, 0.2) is 6.07 Å². The van der Waals surface area contributed by atoms with Gasteiger partial charge in [0.1, 0.15) is 16.8 Å². The van der Waals surface area contributed by atoms with E-state index in [9.17, 15) is 0 Å². The third-order valence-corrected chi connectivity index (χ3v) is 2.49. The van der Waals surface area contributed by atoms with E-state index in [1.165, 1.54) is 0 Å². The molecule has 2 rings (SSSR count). The summed E-state index contributed by atoms with van der Waals surface area (Å²) in [7, 11) is 0. The largest absolute Gasteiger partial charge is 0.396 e. The van der Waals surface area contributed by atoms with Gasteiger partial charge in [0.2, 0.25) is 0 Å². The van der Waals surface area contributed by atoms with E-state index >= 15 is 0 Å². The molecule has 1 saturated carbocycles. The van der Waals surface area contributed by atoms with Crippen molar-refractivity contribution in [3.8, 4) is 0 Å². The topological polar surface area (TPSA) is 58.0 Å². The molecule has 0 bridgehead atoms. The van der Waals surface area contributed by atoms with E-state index in [1.807, 2.05) is 0 Å². The van der Waals surface area contributed by atoms with Crippen molar-refractivity contribution in [3.63, 3.8) is 0 Å². The maximum absolute atomic E-state index is 8.65. The molecule has 0 saturated heterocycles. The SMILES string of the molecule is OCCCNc1cc(Cl)nc(C2CC2)n1. The van der Waals surface area contributed by atoms with Crippen molar-refractivity contribution in [2.24, 2.45) is 0 Å². The van der Waals surface area contributed by atoms with Gasteiger partial charge in [0.05, 0.1) is 0 Å². The lowest BCUT2D eigenvalue weighted by Crippen LogP contribution is -2.06. The Morgan fingerprint density at radius 1 is 1.47 bits per heavy atom. The summed E-state index contributed by atoms with van der Waals surface area (Å²) in [5, 5.41) is 12.3. The van der Waals surface area contributed by atoms with Gasteiger partial charge < -0.3 is 10.4 Å². The molecule has 1 aliphatic carbocycles. The molecule has 82 valence electrons. The molecule has 2 N–H and O–H groups in total. The molecule has 0 aromatic carbocycles. The molecule has 4 nitrogen and oxygen atoms in total. The second kappa shape index (κ2) is 4.77. The smallest absolute Gasteiger partial charge is 0.135 e. The second-order valence-corrected chi connectivity index (χ2v) is 4.10. The zero-order chi connectivity index (χ0) is 10.7. The predicted octanol–water partition coefficient (Wildman–Crippen LogP) is 1.80. The Kier molecular flexibility index (Phi) is 3.38. The van der Waals surface area contributed by atoms with E-state index in [1.54, 1.807) is 6.07 Å². The molecular formula is C10H14ClN3O. The summed E-state index contributed by atoms with van der Waals surface area (Å²) >= 11 is 5.89. The van der Waals surface area contributed by atoms with Crippen LogP contribution in [0.4, 0.5) is 5.82 Å². The summed E-state index contributed by atoms with van der Waals surface area (Å²) in [6, 6.07) is 1.71. The molecule has 0 spiro atoms. The fourth-order valence-corrected chi connectivity index (χ4v) is 1.54. The van der Waals surface area contributed by atoms with E-state index in [-0.39, 0.29) is 6.61 Å². The van der Waals surface area contributed by atoms with Crippen LogP contribution in [0, 0.1) is 0 Å². The van der Waals surface area contributed by atoms with Gasteiger partial charge in [-0.3, -0.25) is 0 Å². The first-order valence-corrected chi connectivity index (χ1v) is 5.56. The first kappa shape index (κ1) is 10.6. The number of anilines is 1. The van der Waals surface area contributed by atoms with Crippen LogP contribution in [-0.2, 0) is 0 Å². The zero-order valence-electron chi connectivity index (χ0n) is 8.41. The third-order valence-electron chi connectivity index (χ3n) is 2.30. The molecule has 15 heavy (non-hydrogen) atoms. The normalized spacial score (nSPS) is 15.3. The fourth-order valence-electron chi connectivity index (χ4n) is 1.35. The van der Waals surface area contributed by atoms with Crippen LogP contribution < -0.4 is 5.32 Å². The van der Waals surface area contributed by atoms with Gasteiger partial charge in [0, 0.05) is 25.1 Å². The summed E-state index contributed by atoms with van der Waals surface area (Å²) in [5.74, 6) is 2.10. The molecule has 5 heteroatoms. The minimum atomic E-state index is 0.182. The lowest BCUT2D eigenvalue weighted by atomic mass is 10.4. The Morgan fingerprint density at radius 2 is 2.27 bits per heavy atom. The summed E-state index contributed by atoms with van der Waals surface area (Å²) in [4.78, 5) is 8.57. The molecule has 1 aliphatic rings. The number of nitrogens with one attached hydrogen (secondary N) is 1. The van der Waals surface area contributed by atoms with Gasteiger partial charge in [-0.2, -0.15) is 0 Å². The number of hydrogen-bond donors (Lipinski definition) is 2. The Labute approximate surface area is 93.7 Å². The van der Waals surface area contributed by atoms with Crippen LogP contribution in [0.5, 0.6) is 0 Å². The highest BCUT2D eigenvalue weighted by Gasteiger charge is 2.27. The molecule has 0 atom stereocenters. The highest BCUT2D eigenvalue weighted by atomic mass is 35.5. The van der Waals surface area contributed by atoms with Crippen molar-refractivity contribution >= 4 is 17.4 Å². The highest BCUT2D eigenvalue weighted by Crippen LogP contribution is 2.38. The highest BCUT2D eigenvalue weighted by molar-refractivity contribution is 6.29. The summed E-state index contributed by atoms with van der Waals surface area (Å²) in [6.45, 7) is 0.884. The van der Waals surface area contributed by atoms with Crippen molar-refractivity contribution < 1.29 is 5.11 Å². The Hall–Kier alpha value is -0.870. The minimum Gasteiger partial charge on any atom is -0.396 e. The summed E-state index contributed by atoms with van der Waals surface area (Å²) < 4.78 is 0. The molecule has 0 unspecified atom stereocenters. The monoisotopic (exact) mass is 227 g/mol. The third kappa shape index (κ3) is 3.04. The molecule has 0 radical (unpaired) electrons. The van der Waals surface area contributed by atoms with Gasteiger partial charge in [0.25, 0.3) is 0 Å². The quantitative estimate of drug-likeness (QED) is 0.595. The Bertz CT molecular complexity index is 341. The number of halogens is 1. The number of nitrogens with zero attached hydrogens (tertiary/aromatic N) is 2. The maximum Gasteiger partial charge on any atom is 0.135 e. The van der Waals surface area contributed by atoms with Gasteiger partial charge in [0.15, 0.2) is 0 Å². The fraction of sp³-hybridized carbons (Fsp3) is 0.600. The molecule has 1 aromatic heterocycles. The first-order valence-electron chi connectivity index (χ1n) is 5.19. The number of aliphatic hydroxyl groups excluding tert-OH is 1. The number of hydrogen-bond acceptors (Lipinski definition) is 4. The van der Waals surface area contributed by atoms with E-state index in [4.69, 9.17) is 16.7 Å². The molecule has 0 aliphatic heterocycles. The average Bonchev–Trinajstić information content (AvgIpc) is 3.00. The predicted molar refractivity (Wildman–Crippen MR) is 59.2 cm³/mol. The average molecular weight is 228 g/mol. The van der Waals surface area contributed by atoms with E-state index in [2.05, 4.69) is 15.3 Å². The maximum atomic E-state index is 8.65. The molecular weight excluding hydrogens is 214 g/mol. The van der Waals surface area contributed by atoms with Crippen LogP contribution in [-0.4, -0.2) is 28.2 Å². The Morgan fingerprint density at radius 3 is 2.93 bits per heavy atom. The minimum absolute atomic E-state index is 0.182. The van der Waals surface area contributed by atoms with Gasteiger partial charge in [-0.05, 0) is 19.3 Å². The molecule has 1 aromatic rings. The molecule has 1 heterocycles. The van der Waals surface area contributed by atoms with E-state index in [0.717, 1.165) is 24.5 Å². The van der Waals surface area contributed by atoms with E-state index in [0.29, 0.717) is 24.0 Å². The number of aliphatic hydroxyl groups is 1. The second-order valence-electron chi connectivity index (χ2n) is 3.71. The first-order chi connectivity index (χ1) is 7.29. The van der Waals surface area contributed by atoms with Crippen molar-refractivity contribution in [2.45, 2.75) is 25.2 Å². The number of aromatic nitrogens is 2. The van der Waals surface area contributed by atoms with Crippen molar-refractivity contribution in [3.05, 3.63) is 17.0 Å². The zero-order valence-corrected chi connectivity index (χ0v) is 9.17.